The molecule has 2 heterocycles. The molecule has 6 rings (SSSR count). The summed E-state index contributed by atoms with van der Waals surface area (Å²) >= 11 is 0. The molecule has 0 radical (unpaired) electrons. The third-order valence-electron chi connectivity index (χ3n) is 7.28. The zero-order chi connectivity index (χ0) is 23.8. The highest BCUT2D eigenvalue weighted by atomic mass is 16.6. The number of ether oxygens (including phenoxy) is 3. The summed E-state index contributed by atoms with van der Waals surface area (Å²) < 4.78 is 17.4. The van der Waals surface area contributed by atoms with Crippen molar-refractivity contribution in [1.82, 2.24) is 4.90 Å². The molecule has 3 aromatic rings. The van der Waals surface area contributed by atoms with E-state index in [2.05, 4.69) is 66.7 Å². The average molecular weight is 468 g/mol. The van der Waals surface area contributed by atoms with Crippen LogP contribution in [-0.2, 0) is 9.47 Å². The van der Waals surface area contributed by atoms with E-state index in [4.69, 9.17) is 14.2 Å². The van der Waals surface area contributed by atoms with Crippen LogP contribution in [0.5, 0.6) is 5.75 Å². The first kappa shape index (κ1) is 21.9. The number of fused-ring (bicyclic) bond motifs is 5. The average Bonchev–Trinajstić information content (AvgIpc) is 3.21. The molecule has 3 aromatic carbocycles. The number of nitrogens with zero attached hydrogens (tertiary/aromatic N) is 1. The lowest BCUT2D eigenvalue weighted by Crippen LogP contribution is -2.56. The van der Waals surface area contributed by atoms with Crippen LogP contribution in [0.3, 0.4) is 0 Å². The van der Waals surface area contributed by atoms with Gasteiger partial charge in [0.2, 0.25) is 0 Å². The zero-order valence-electron chi connectivity index (χ0n) is 19.9. The molecule has 1 amide bonds. The lowest BCUT2D eigenvalue weighted by molar-refractivity contribution is -0.0331. The van der Waals surface area contributed by atoms with Crippen LogP contribution in [0.1, 0.15) is 36.0 Å². The second kappa shape index (κ2) is 9.23. The van der Waals surface area contributed by atoms with Crippen LogP contribution in [0, 0.1) is 0 Å². The minimum atomic E-state index is -0.257. The van der Waals surface area contributed by atoms with Crippen molar-refractivity contribution in [3.63, 3.8) is 0 Å². The SMILES string of the molecule is CCOc1ccc(C2=CC3COCC(C2)N3C(=O)OCC2c3ccccc3-c3ccccc32)cc1. The second-order valence-corrected chi connectivity index (χ2v) is 9.32. The predicted molar refractivity (Wildman–Crippen MR) is 136 cm³/mol. The highest BCUT2D eigenvalue weighted by Gasteiger charge is 2.39. The van der Waals surface area contributed by atoms with Gasteiger partial charge in [-0.05, 0) is 58.9 Å². The molecular formula is C30H29NO4. The van der Waals surface area contributed by atoms with Gasteiger partial charge in [0.25, 0.3) is 0 Å². The molecule has 1 fully saturated rings. The molecule has 5 nitrogen and oxygen atoms in total. The van der Waals surface area contributed by atoms with Gasteiger partial charge in [0.15, 0.2) is 0 Å². The Labute approximate surface area is 205 Å². The van der Waals surface area contributed by atoms with Gasteiger partial charge in [0.05, 0.1) is 31.9 Å². The largest absolute Gasteiger partial charge is 0.494 e. The monoisotopic (exact) mass is 467 g/mol. The third-order valence-corrected chi connectivity index (χ3v) is 7.28. The van der Waals surface area contributed by atoms with Crippen molar-refractivity contribution in [3.8, 4) is 16.9 Å². The van der Waals surface area contributed by atoms with Gasteiger partial charge in [-0.3, -0.25) is 4.90 Å². The van der Waals surface area contributed by atoms with E-state index in [0.29, 0.717) is 26.4 Å². The van der Waals surface area contributed by atoms with E-state index in [1.165, 1.54) is 27.8 Å². The summed E-state index contributed by atoms with van der Waals surface area (Å²) in [6.07, 6.45) is 2.65. The first-order valence-corrected chi connectivity index (χ1v) is 12.4. The molecule has 35 heavy (non-hydrogen) atoms. The fourth-order valence-electron chi connectivity index (χ4n) is 5.70. The molecule has 1 aliphatic carbocycles. The molecule has 0 saturated carbocycles. The van der Waals surface area contributed by atoms with E-state index in [1.807, 2.05) is 24.0 Å². The van der Waals surface area contributed by atoms with Crippen molar-refractivity contribution in [2.75, 3.05) is 26.4 Å². The van der Waals surface area contributed by atoms with Crippen molar-refractivity contribution < 1.29 is 19.0 Å². The Balaban J connectivity index is 1.19. The maximum absolute atomic E-state index is 13.4. The van der Waals surface area contributed by atoms with Crippen LogP contribution in [-0.4, -0.2) is 49.5 Å². The van der Waals surface area contributed by atoms with Crippen molar-refractivity contribution in [1.29, 1.82) is 0 Å². The number of amides is 1. The number of morpholine rings is 1. The summed E-state index contributed by atoms with van der Waals surface area (Å²) in [7, 11) is 0. The van der Waals surface area contributed by atoms with Crippen LogP contribution in [0.4, 0.5) is 4.79 Å². The summed E-state index contributed by atoms with van der Waals surface area (Å²) in [5.41, 5.74) is 7.32. The molecule has 0 aromatic heterocycles. The van der Waals surface area contributed by atoms with E-state index >= 15 is 0 Å². The molecule has 2 bridgehead atoms. The standard InChI is InChI=1S/C30H29NO4/c1-2-34-24-13-11-20(12-14-24)21-15-22-17-33-18-23(16-21)31(22)30(32)35-19-29-27-9-5-3-7-25(27)26-8-4-6-10-28(26)29/h3-15,22-23,29H,2,16-19H2,1H3. The maximum atomic E-state index is 13.4. The molecular weight excluding hydrogens is 438 g/mol. The first-order chi connectivity index (χ1) is 17.2. The minimum Gasteiger partial charge on any atom is -0.494 e. The smallest absolute Gasteiger partial charge is 0.410 e. The predicted octanol–water partition coefficient (Wildman–Crippen LogP) is 5.89. The van der Waals surface area contributed by atoms with Crippen LogP contribution in [0.2, 0.25) is 0 Å². The number of rotatable bonds is 5. The second-order valence-electron chi connectivity index (χ2n) is 9.32. The fraction of sp³-hybridized carbons (Fsp3) is 0.300. The van der Waals surface area contributed by atoms with E-state index < -0.39 is 0 Å². The van der Waals surface area contributed by atoms with Gasteiger partial charge in [0.1, 0.15) is 12.4 Å². The number of hydrogen-bond donors (Lipinski definition) is 0. The van der Waals surface area contributed by atoms with E-state index in [9.17, 15) is 4.79 Å². The van der Waals surface area contributed by atoms with Gasteiger partial charge in [-0.25, -0.2) is 4.79 Å². The lowest BCUT2D eigenvalue weighted by Gasteiger charge is -2.44. The minimum absolute atomic E-state index is 0.0315. The highest BCUT2D eigenvalue weighted by Crippen LogP contribution is 2.44. The molecule has 0 spiro atoms. The number of carbonyl (C=O) groups excluding carboxylic acids is 1. The Hall–Kier alpha value is -3.57. The summed E-state index contributed by atoms with van der Waals surface area (Å²) in [5, 5.41) is 0. The third kappa shape index (κ3) is 4.00. The van der Waals surface area contributed by atoms with Gasteiger partial charge in [-0.1, -0.05) is 66.7 Å². The normalized spacial score (nSPS) is 20.6. The van der Waals surface area contributed by atoms with Gasteiger partial charge in [-0.15, -0.1) is 0 Å². The lowest BCUT2D eigenvalue weighted by atomic mass is 9.90. The zero-order valence-corrected chi connectivity index (χ0v) is 19.9. The summed E-state index contributed by atoms with van der Waals surface area (Å²) in [6, 6.07) is 24.9. The molecule has 2 unspecified atom stereocenters. The van der Waals surface area contributed by atoms with Crippen LogP contribution < -0.4 is 4.74 Å². The quantitative estimate of drug-likeness (QED) is 0.469. The van der Waals surface area contributed by atoms with Crippen molar-refractivity contribution >= 4 is 11.7 Å². The van der Waals surface area contributed by atoms with Crippen LogP contribution >= 0.6 is 0 Å². The number of carbonyl (C=O) groups is 1. The summed E-state index contributed by atoms with van der Waals surface area (Å²) in [6.45, 7) is 3.98. The van der Waals surface area contributed by atoms with Gasteiger partial charge < -0.3 is 14.2 Å². The Bertz CT molecular complexity index is 1220. The topological polar surface area (TPSA) is 48.0 Å². The van der Waals surface area contributed by atoms with Crippen molar-refractivity contribution in [3.05, 3.63) is 95.6 Å². The highest BCUT2D eigenvalue weighted by molar-refractivity contribution is 5.79. The molecule has 178 valence electrons. The van der Waals surface area contributed by atoms with Gasteiger partial charge in [0, 0.05) is 5.92 Å². The molecule has 2 atom stereocenters. The van der Waals surface area contributed by atoms with E-state index in [-0.39, 0.29) is 24.1 Å². The van der Waals surface area contributed by atoms with Gasteiger partial charge in [-0.2, -0.15) is 0 Å². The number of benzene rings is 3. The fourth-order valence-corrected chi connectivity index (χ4v) is 5.70. The van der Waals surface area contributed by atoms with Crippen molar-refractivity contribution in [2.24, 2.45) is 0 Å². The summed E-state index contributed by atoms with van der Waals surface area (Å²) in [5.74, 6) is 0.929. The molecule has 3 aliphatic rings. The Kier molecular flexibility index (Phi) is 5.78. The Morgan fingerprint density at radius 3 is 2.29 bits per heavy atom. The first-order valence-electron chi connectivity index (χ1n) is 12.4. The Morgan fingerprint density at radius 2 is 1.63 bits per heavy atom. The van der Waals surface area contributed by atoms with E-state index in [0.717, 1.165) is 17.7 Å². The summed E-state index contributed by atoms with van der Waals surface area (Å²) in [4.78, 5) is 15.2. The Morgan fingerprint density at radius 1 is 0.943 bits per heavy atom. The van der Waals surface area contributed by atoms with Crippen LogP contribution in [0.25, 0.3) is 16.7 Å². The molecule has 1 saturated heterocycles. The molecule has 0 N–H and O–H groups in total. The van der Waals surface area contributed by atoms with Gasteiger partial charge >= 0.3 is 6.09 Å². The van der Waals surface area contributed by atoms with Crippen molar-refractivity contribution in [2.45, 2.75) is 31.3 Å². The van der Waals surface area contributed by atoms with Crippen LogP contribution in [0.15, 0.2) is 78.9 Å². The molecule has 2 aliphatic heterocycles. The maximum Gasteiger partial charge on any atom is 0.410 e. The number of hydrogen-bond acceptors (Lipinski definition) is 4. The molecule has 5 heteroatoms. The van der Waals surface area contributed by atoms with E-state index in [1.54, 1.807) is 0 Å².